The summed E-state index contributed by atoms with van der Waals surface area (Å²) in [6.45, 7) is 3.83. The quantitative estimate of drug-likeness (QED) is 0.597. The summed E-state index contributed by atoms with van der Waals surface area (Å²) in [6, 6.07) is -0.657. The first-order chi connectivity index (χ1) is 9.04. The highest BCUT2D eigenvalue weighted by atomic mass is 16.4. The Morgan fingerprint density at radius 2 is 2.26 bits per heavy atom. The Balaban J connectivity index is 2.36. The van der Waals surface area contributed by atoms with E-state index in [0.29, 0.717) is 12.2 Å². The number of carboxylic acid groups (broad SMARTS) is 1. The summed E-state index contributed by atoms with van der Waals surface area (Å²) in [5.74, 6) is -0.783. The highest BCUT2D eigenvalue weighted by Gasteiger charge is 2.18. The number of urea groups is 1. The Morgan fingerprint density at radius 3 is 2.79 bits per heavy atom. The fourth-order valence-corrected chi connectivity index (χ4v) is 1.71. The second-order valence-corrected chi connectivity index (χ2v) is 4.37. The van der Waals surface area contributed by atoms with E-state index in [1.54, 1.807) is 19.3 Å². The van der Waals surface area contributed by atoms with E-state index in [1.807, 2.05) is 6.92 Å². The number of aromatic nitrogens is 2. The van der Waals surface area contributed by atoms with Crippen LogP contribution in [0.1, 0.15) is 38.6 Å². The van der Waals surface area contributed by atoms with Crippen LogP contribution in [0.25, 0.3) is 0 Å². The molecule has 0 saturated heterocycles. The van der Waals surface area contributed by atoms with Crippen molar-refractivity contribution in [3.05, 3.63) is 18.2 Å². The summed E-state index contributed by atoms with van der Waals surface area (Å²) in [5.41, 5.74) is 0. The molecule has 19 heavy (non-hydrogen) atoms. The minimum atomic E-state index is -0.888. The zero-order chi connectivity index (χ0) is 14.3. The number of nitrogens with one attached hydrogen (secondary N) is 3. The molecule has 1 aromatic rings. The van der Waals surface area contributed by atoms with Crippen LogP contribution >= 0.6 is 0 Å². The van der Waals surface area contributed by atoms with Crippen molar-refractivity contribution in [2.24, 2.45) is 5.92 Å². The molecule has 7 heteroatoms. The zero-order valence-electron chi connectivity index (χ0n) is 11.1. The van der Waals surface area contributed by atoms with Crippen molar-refractivity contribution >= 4 is 12.0 Å². The van der Waals surface area contributed by atoms with Gasteiger partial charge in [-0.1, -0.05) is 13.3 Å². The van der Waals surface area contributed by atoms with Gasteiger partial charge in [0.1, 0.15) is 5.82 Å². The molecule has 0 radical (unpaired) electrons. The van der Waals surface area contributed by atoms with Crippen LogP contribution in [0.5, 0.6) is 0 Å². The number of rotatable bonds is 7. The lowest BCUT2D eigenvalue weighted by atomic mass is 10.0. The van der Waals surface area contributed by atoms with Crippen molar-refractivity contribution < 1.29 is 14.7 Å². The molecule has 2 unspecified atom stereocenters. The molecule has 0 saturated carbocycles. The molecular weight excluding hydrogens is 248 g/mol. The standard InChI is InChI=1S/C12H20N4O3/c1-3-4-9(11(17)18)7-15-12(19)16-8(2)10-13-5-6-14-10/h5-6,8-9H,3-4,7H2,1-2H3,(H,13,14)(H,17,18)(H2,15,16,19). The summed E-state index contributed by atoms with van der Waals surface area (Å²) in [7, 11) is 0. The first-order valence-electron chi connectivity index (χ1n) is 6.31. The SMILES string of the molecule is CCCC(CNC(=O)NC(C)c1ncc[nH]1)C(=O)O. The summed E-state index contributed by atoms with van der Waals surface area (Å²) in [5, 5.41) is 14.2. The predicted molar refractivity (Wildman–Crippen MR) is 69.6 cm³/mol. The normalized spacial score (nSPS) is 13.6. The van der Waals surface area contributed by atoms with Crippen molar-refractivity contribution in [3.63, 3.8) is 0 Å². The molecule has 7 nitrogen and oxygen atoms in total. The predicted octanol–water partition coefficient (Wildman–Crippen LogP) is 1.27. The van der Waals surface area contributed by atoms with Crippen molar-refractivity contribution in [2.45, 2.75) is 32.7 Å². The van der Waals surface area contributed by atoms with Gasteiger partial charge < -0.3 is 20.7 Å². The third-order valence-electron chi connectivity index (χ3n) is 2.77. The van der Waals surface area contributed by atoms with Crippen LogP contribution in [0.4, 0.5) is 4.79 Å². The van der Waals surface area contributed by atoms with Crippen LogP contribution < -0.4 is 10.6 Å². The minimum absolute atomic E-state index is 0.125. The van der Waals surface area contributed by atoms with Crippen LogP contribution in [0.3, 0.4) is 0 Å². The number of carbonyl (C=O) groups excluding carboxylic acids is 1. The number of nitrogens with zero attached hydrogens (tertiary/aromatic N) is 1. The molecule has 4 N–H and O–H groups in total. The molecule has 1 heterocycles. The largest absolute Gasteiger partial charge is 0.481 e. The highest BCUT2D eigenvalue weighted by molar-refractivity contribution is 5.76. The van der Waals surface area contributed by atoms with Crippen LogP contribution in [-0.4, -0.2) is 33.6 Å². The number of carbonyl (C=O) groups is 2. The Hall–Kier alpha value is -2.05. The van der Waals surface area contributed by atoms with E-state index in [0.717, 1.165) is 6.42 Å². The molecule has 2 amide bonds. The molecule has 0 aliphatic rings. The van der Waals surface area contributed by atoms with E-state index in [9.17, 15) is 9.59 Å². The van der Waals surface area contributed by atoms with Crippen LogP contribution in [0.2, 0.25) is 0 Å². The van der Waals surface area contributed by atoms with E-state index >= 15 is 0 Å². The molecule has 0 fully saturated rings. The Labute approximate surface area is 111 Å². The third-order valence-corrected chi connectivity index (χ3v) is 2.77. The Bertz CT molecular complexity index is 405. The first-order valence-corrected chi connectivity index (χ1v) is 6.31. The van der Waals surface area contributed by atoms with Crippen molar-refractivity contribution in [3.8, 4) is 0 Å². The highest BCUT2D eigenvalue weighted by Crippen LogP contribution is 2.06. The molecule has 106 valence electrons. The molecule has 0 aromatic carbocycles. The van der Waals surface area contributed by atoms with Gasteiger partial charge in [0, 0.05) is 18.9 Å². The topological polar surface area (TPSA) is 107 Å². The number of hydrogen-bond donors (Lipinski definition) is 4. The van der Waals surface area contributed by atoms with Gasteiger partial charge in [-0.05, 0) is 13.3 Å². The molecular formula is C12H20N4O3. The van der Waals surface area contributed by atoms with Gasteiger partial charge in [-0.3, -0.25) is 4.79 Å². The number of imidazole rings is 1. The van der Waals surface area contributed by atoms with Gasteiger partial charge in [-0.25, -0.2) is 9.78 Å². The summed E-state index contributed by atoms with van der Waals surface area (Å²) >= 11 is 0. The van der Waals surface area contributed by atoms with Gasteiger partial charge in [-0.2, -0.15) is 0 Å². The number of carboxylic acids is 1. The monoisotopic (exact) mass is 268 g/mol. The Morgan fingerprint density at radius 1 is 1.53 bits per heavy atom. The maximum Gasteiger partial charge on any atom is 0.315 e. The zero-order valence-corrected chi connectivity index (χ0v) is 11.1. The smallest absolute Gasteiger partial charge is 0.315 e. The number of amides is 2. The number of aromatic amines is 1. The van der Waals surface area contributed by atoms with Gasteiger partial charge >= 0.3 is 12.0 Å². The first kappa shape index (κ1) is 15.0. The van der Waals surface area contributed by atoms with Crippen molar-refractivity contribution in [1.29, 1.82) is 0 Å². The van der Waals surface area contributed by atoms with Crippen LogP contribution in [0.15, 0.2) is 12.4 Å². The van der Waals surface area contributed by atoms with Crippen LogP contribution in [0, 0.1) is 5.92 Å². The molecule has 0 aliphatic carbocycles. The molecule has 1 rings (SSSR count). The molecule has 1 aromatic heterocycles. The van der Waals surface area contributed by atoms with Gasteiger partial charge in [0.2, 0.25) is 0 Å². The summed E-state index contributed by atoms with van der Waals surface area (Å²) in [4.78, 5) is 29.5. The molecule has 2 atom stereocenters. The fourth-order valence-electron chi connectivity index (χ4n) is 1.71. The molecule has 0 spiro atoms. The second kappa shape index (κ2) is 7.40. The lowest BCUT2D eigenvalue weighted by Gasteiger charge is -2.15. The third kappa shape index (κ3) is 4.99. The lowest BCUT2D eigenvalue weighted by molar-refractivity contribution is -0.141. The molecule has 0 aliphatic heterocycles. The second-order valence-electron chi connectivity index (χ2n) is 4.37. The number of H-pyrrole nitrogens is 1. The number of hydrogen-bond acceptors (Lipinski definition) is 3. The van der Waals surface area contributed by atoms with E-state index in [1.165, 1.54) is 0 Å². The van der Waals surface area contributed by atoms with Crippen molar-refractivity contribution in [2.75, 3.05) is 6.54 Å². The van der Waals surface area contributed by atoms with Gasteiger partial charge in [0.05, 0.1) is 12.0 Å². The fraction of sp³-hybridized carbons (Fsp3) is 0.583. The maximum absolute atomic E-state index is 11.6. The maximum atomic E-state index is 11.6. The van der Waals surface area contributed by atoms with Gasteiger partial charge in [0.15, 0.2) is 0 Å². The van der Waals surface area contributed by atoms with E-state index in [-0.39, 0.29) is 12.6 Å². The average Bonchev–Trinajstić information content (AvgIpc) is 2.87. The average molecular weight is 268 g/mol. The van der Waals surface area contributed by atoms with Gasteiger partial charge in [-0.15, -0.1) is 0 Å². The molecule has 0 bridgehead atoms. The number of aliphatic carboxylic acids is 1. The van der Waals surface area contributed by atoms with Gasteiger partial charge in [0.25, 0.3) is 0 Å². The van der Waals surface area contributed by atoms with E-state index in [2.05, 4.69) is 20.6 Å². The summed E-state index contributed by atoms with van der Waals surface area (Å²) in [6.07, 6.45) is 4.59. The minimum Gasteiger partial charge on any atom is -0.481 e. The summed E-state index contributed by atoms with van der Waals surface area (Å²) < 4.78 is 0. The van der Waals surface area contributed by atoms with Crippen LogP contribution in [-0.2, 0) is 4.79 Å². The Kier molecular flexibility index (Phi) is 5.84. The lowest BCUT2D eigenvalue weighted by Crippen LogP contribution is -2.41. The van der Waals surface area contributed by atoms with Crippen molar-refractivity contribution in [1.82, 2.24) is 20.6 Å². The van der Waals surface area contributed by atoms with E-state index in [4.69, 9.17) is 5.11 Å². The van der Waals surface area contributed by atoms with E-state index < -0.39 is 17.9 Å².